The van der Waals surface area contributed by atoms with Crippen molar-refractivity contribution in [2.24, 2.45) is 0 Å². The molecule has 2 rings (SSSR count). The second-order valence-corrected chi connectivity index (χ2v) is 6.05. The third-order valence-electron chi connectivity index (χ3n) is 3.44. The van der Waals surface area contributed by atoms with Crippen molar-refractivity contribution in [3.05, 3.63) is 59.1 Å². The molecule has 26 heavy (non-hydrogen) atoms. The lowest BCUT2D eigenvalue weighted by Crippen LogP contribution is -2.49. The molecule has 0 spiro atoms. The van der Waals surface area contributed by atoms with E-state index in [0.717, 1.165) is 5.56 Å². The van der Waals surface area contributed by atoms with Crippen LogP contribution in [0.1, 0.15) is 18.9 Å². The minimum absolute atomic E-state index is 0.239. The van der Waals surface area contributed by atoms with Crippen molar-refractivity contribution in [2.45, 2.75) is 26.4 Å². The van der Waals surface area contributed by atoms with Gasteiger partial charge in [-0.2, -0.15) is 0 Å². The maximum absolute atomic E-state index is 12.2. The fourth-order valence-electron chi connectivity index (χ4n) is 2.10. The molecule has 0 saturated carbocycles. The van der Waals surface area contributed by atoms with E-state index in [9.17, 15) is 9.59 Å². The van der Waals surface area contributed by atoms with E-state index in [1.54, 1.807) is 30.3 Å². The molecule has 7 heteroatoms. The molecule has 0 heterocycles. The number of hydrogen-bond acceptors (Lipinski definition) is 4. The molecule has 0 aromatic heterocycles. The van der Waals surface area contributed by atoms with Gasteiger partial charge in [0.25, 0.3) is 11.8 Å². The summed E-state index contributed by atoms with van der Waals surface area (Å²) in [4.78, 5) is 24.0. The summed E-state index contributed by atoms with van der Waals surface area (Å²) < 4.78 is 11.0. The average Bonchev–Trinajstić information content (AvgIpc) is 2.63. The summed E-state index contributed by atoms with van der Waals surface area (Å²) >= 11 is 5.77. The summed E-state index contributed by atoms with van der Waals surface area (Å²) in [6.07, 6.45) is -0.258. The van der Waals surface area contributed by atoms with Crippen LogP contribution in [0.15, 0.2) is 48.5 Å². The van der Waals surface area contributed by atoms with Crippen molar-refractivity contribution in [3.8, 4) is 11.5 Å². The molecule has 0 saturated heterocycles. The van der Waals surface area contributed by atoms with Crippen LogP contribution >= 0.6 is 11.6 Å². The molecule has 138 valence electrons. The number of hydrogen-bond donors (Lipinski definition) is 2. The van der Waals surface area contributed by atoms with Gasteiger partial charge in [-0.05, 0) is 55.3 Å². The van der Waals surface area contributed by atoms with Crippen LogP contribution in [0.3, 0.4) is 0 Å². The lowest BCUT2D eigenvalue weighted by atomic mass is 10.2. The summed E-state index contributed by atoms with van der Waals surface area (Å²) in [5.74, 6) is 0.182. The van der Waals surface area contributed by atoms with Crippen molar-refractivity contribution in [2.75, 3.05) is 6.61 Å². The minimum Gasteiger partial charge on any atom is -0.484 e. The van der Waals surface area contributed by atoms with Gasteiger partial charge in [0.05, 0.1) is 0 Å². The highest BCUT2D eigenvalue weighted by Crippen LogP contribution is 2.16. The molecule has 0 aliphatic carbocycles. The molecule has 6 nitrogen and oxygen atoms in total. The summed E-state index contributed by atoms with van der Waals surface area (Å²) in [6.45, 7) is 3.53. The maximum atomic E-state index is 12.2. The number of benzene rings is 2. The van der Waals surface area contributed by atoms with Crippen molar-refractivity contribution < 1.29 is 19.1 Å². The van der Waals surface area contributed by atoms with E-state index in [4.69, 9.17) is 21.1 Å². The fraction of sp³-hybridized carbons (Fsp3) is 0.263. The quantitative estimate of drug-likeness (QED) is 0.728. The standard InChI is InChI=1S/C19H21ClN2O4/c1-3-17(26-16-6-4-5-13(2)11-16)19(24)22-21-18(23)12-25-15-9-7-14(20)8-10-15/h4-11,17H,3,12H2,1-2H3,(H,21,23)(H,22,24). The molecule has 0 aliphatic heterocycles. The first kappa shape index (κ1) is 19.6. The Hall–Kier alpha value is -2.73. The number of halogens is 1. The van der Waals surface area contributed by atoms with Crippen LogP contribution in [0.4, 0.5) is 0 Å². The molecule has 0 radical (unpaired) electrons. The molecule has 2 amide bonds. The molecular formula is C19H21ClN2O4. The molecular weight excluding hydrogens is 356 g/mol. The van der Waals surface area contributed by atoms with Gasteiger partial charge in [0.2, 0.25) is 0 Å². The van der Waals surface area contributed by atoms with E-state index < -0.39 is 17.9 Å². The van der Waals surface area contributed by atoms with E-state index in [0.29, 0.717) is 22.9 Å². The third-order valence-corrected chi connectivity index (χ3v) is 3.69. The first-order chi connectivity index (χ1) is 12.5. The number of carbonyl (C=O) groups excluding carboxylic acids is 2. The predicted molar refractivity (Wildman–Crippen MR) is 99.1 cm³/mol. The van der Waals surface area contributed by atoms with Gasteiger partial charge in [-0.25, -0.2) is 0 Å². The number of rotatable bonds is 7. The van der Waals surface area contributed by atoms with E-state index in [-0.39, 0.29) is 6.61 Å². The first-order valence-electron chi connectivity index (χ1n) is 8.18. The molecule has 1 atom stereocenters. The second kappa shape index (κ2) is 9.68. The highest BCUT2D eigenvalue weighted by molar-refractivity contribution is 6.30. The smallest absolute Gasteiger partial charge is 0.279 e. The molecule has 0 fully saturated rings. The Labute approximate surface area is 157 Å². The number of ether oxygens (including phenoxy) is 2. The summed E-state index contributed by atoms with van der Waals surface area (Å²) in [5, 5.41) is 0.577. The van der Waals surface area contributed by atoms with Gasteiger partial charge in [0.1, 0.15) is 11.5 Å². The first-order valence-corrected chi connectivity index (χ1v) is 8.56. The number of nitrogens with one attached hydrogen (secondary N) is 2. The van der Waals surface area contributed by atoms with Crippen LogP contribution in [0, 0.1) is 6.92 Å². The van der Waals surface area contributed by atoms with E-state index in [1.807, 2.05) is 32.0 Å². The highest BCUT2D eigenvalue weighted by atomic mass is 35.5. The van der Waals surface area contributed by atoms with Gasteiger partial charge < -0.3 is 9.47 Å². The second-order valence-electron chi connectivity index (χ2n) is 5.61. The predicted octanol–water partition coefficient (Wildman–Crippen LogP) is 3.03. The van der Waals surface area contributed by atoms with Gasteiger partial charge in [-0.15, -0.1) is 0 Å². The normalized spacial score (nSPS) is 11.3. The minimum atomic E-state index is -0.714. The van der Waals surface area contributed by atoms with Crippen LogP contribution in [-0.2, 0) is 9.59 Å². The van der Waals surface area contributed by atoms with Gasteiger partial charge in [-0.3, -0.25) is 20.4 Å². The molecule has 1 unspecified atom stereocenters. The Balaban J connectivity index is 1.78. The maximum Gasteiger partial charge on any atom is 0.279 e. The van der Waals surface area contributed by atoms with Crippen LogP contribution in [-0.4, -0.2) is 24.5 Å². The summed E-state index contributed by atoms with van der Waals surface area (Å²) in [6, 6.07) is 14.0. The van der Waals surface area contributed by atoms with Gasteiger partial charge >= 0.3 is 0 Å². The lowest BCUT2D eigenvalue weighted by Gasteiger charge is -2.18. The lowest BCUT2D eigenvalue weighted by molar-refractivity contribution is -0.134. The van der Waals surface area contributed by atoms with E-state index >= 15 is 0 Å². The Morgan fingerprint density at radius 3 is 2.46 bits per heavy atom. The number of carbonyl (C=O) groups is 2. The molecule has 0 aliphatic rings. The van der Waals surface area contributed by atoms with Crippen LogP contribution in [0.25, 0.3) is 0 Å². The van der Waals surface area contributed by atoms with Crippen molar-refractivity contribution in [1.29, 1.82) is 0 Å². The van der Waals surface area contributed by atoms with Crippen LogP contribution in [0.5, 0.6) is 11.5 Å². The Morgan fingerprint density at radius 1 is 1.08 bits per heavy atom. The largest absolute Gasteiger partial charge is 0.484 e. The molecule has 2 aromatic carbocycles. The van der Waals surface area contributed by atoms with Crippen LogP contribution < -0.4 is 20.3 Å². The van der Waals surface area contributed by atoms with Crippen molar-refractivity contribution >= 4 is 23.4 Å². The third kappa shape index (κ3) is 6.29. The Kier molecular flexibility index (Phi) is 7.29. The van der Waals surface area contributed by atoms with Crippen molar-refractivity contribution in [3.63, 3.8) is 0 Å². The van der Waals surface area contributed by atoms with Gasteiger partial charge in [0, 0.05) is 5.02 Å². The SMILES string of the molecule is CCC(Oc1cccc(C)c1)C(=O)NNC(=O)COc1ccc(Cl)cc1. The topological polar surface area (TPSA) is 76.7 Å². The zero-order valence-corrected chi connectivity index (χ0v) is 15.4. The number of hydrazine groups is 1. The fourth-order valence-corrected chi connectivity index (χ4v) is 2.23. The van der Waals surface area contributed by atoms with E-state index in [2.05, 4.69) is 10.9 Å². The monoisotopic (exact) mass is 376 g/mol. The molecule has 0 bridgehead atoms. The van der Waals surface area contributed by atoms with Crippen molar-refractivity contribution in [1.82, 2.24) is 10.9 Å². The number of amides is 2. The van der Waals surface area contributed by atoms with Crippen LogP contribution in [0.2, 0.25) is 5.02 Å². The molecule has 2 aromatic rings. The summed E-state index contributed by atoms with van der Waals surface area (Å²) in [5.41, 5.74) is 5.69. The van der Waals surface area contributed by atoms with Gasteiger partial charge in [0.15, 0.2) is 12.7 Å². The van der Waals surface area contributed by atoms with Gasteiger partial charge in [-0.1, -0.05) is 30.7 Å². The zero-order valence-electron chi connectivity index (χ0n) is 14.6. The van der Waals surface area contributed by atoms with E-state index in [1.165, 1.54) is 0 Å². The molecule has 2 N–H and O–H groups in total. The number of aryl methyl sites for hydroxylation is 1. The highest BCUT2D eigenvalue weighted by Gasteiger charge is 2.19. The average molecular weight is 377 g/mol. The Bertz CT molecular complexity index is 749. The Morgan fingerprint density at radius 2 is 1.81 bits per heavy atom. The summed E-state index contributed by atoms with van der Waals surface area (Å²) in [7, 11) is 0. The zero-order chi connectivity index (χ0) is 18.9.